The Morgan fingerprint density at radius 3 is 2.58 bits per heavy atom. The van der Waals surface area contributed by atoms with Crippen LogP contribution in [0.25, 0.3) is 0 Å². The van der Waals surface area contributed by atoms with Crippen LogP contribution in [-0.4, -0.2) is 24.0 Å². The van der Waals surface area contributed by atoms with Crippen molar-refractivity contribution in [2.24, 2.45) is 0 Å². The highest BCUT2D eigenvalue weighted by Crippen LogP contribution is 2.34. The molecule has 24 heavy (non-hydrogen) atoms. The molecule has 0 spiro atoms. The first-order valence-electron chi connectivity index (χ1n) is 7.02. The van der Waals surface area contributed by atoms with E-state index in [1.165, 1.54) is 6.07 Å². The first-order chi connectivity index (χ1) is 11.3. The van der Waals surface area contributed by atoms with Crippen molar-refractivity contribution in [2.75, 3.05) is 12.8 Å². The van der Waals surface area contributed by atoms with Gasteiger partial charge in [-0.2, -0.15) is 0 Å². The molecule has 2 aromatic rings. The predicted molar refractivity (Wildman–Crippen MR) is 93.5 cm³/mol. The molecular formula is C17H15Cl2NO4. The molecule has 126 valence electrons. The maximum absolute atomic E-state index is 12.4. The van der Waals surface area contributed by atoms with E-state index in [0.29, 0.717) is 12.2 Å². The molecule has 3 N–H and O–H groups in total. The van der Waals surface area contributed by atoms with Gasteiger partial charge in [0.05, 0.1) is 28.4 Å². The number of carboxylic acid groups (broad SMARTS) is 1. The summed E-state index contributed by atoms with van der Waals surface area (Å²) in [6, 6.07) is 8.62. The van der Waals surface area contributed by atoms with Gasteiger partial charge in [-0.15, -0.1) is 0 Å². The molecule has 0 aliphatic carbocycles. The number of carboxylic acids is 1. The topological polar surface area (TPSA) is 89.6 Å². The number of rotatable bonds is 6. The summed E-state index contributed by atoms with van der Waals surface area (Å²) in [6.45, 7) is 0. The number of aromatic carboxylic acids is 1. The minimum Gasteiger partial charge on any atom is -0.497 e. The number of aryl methyl sites for hydroxylation is 1. The molecular weight excluding hydrogens is 353 g/mol. The van der Waals surface area contributed by atoms with Gasteiger partial charge >= 0.3 is 5.97 Å². The van der Waals surface area contributed by atoms with Crippen molar-refractivity contribution in [2.45, 2.75) is 12.8 Å². The summed E-state index contributed by atoms with van der Waals surface area (Å²) in [7, 11) is 1.57. The second kappa shape index (κ2) is 7.55. The molecule has 2 aromatic carbocycles. The molecule has 0 bridgehead atoms. The lowest BCUT2D eigenvalue weighted by atomic mass is 9.99. The maximum atomic E-state index is 12.4. The third-order valence-corrected chi connectivity index (χ3v) is 4.24. The summed E-state index contributed by atoms with van der Waals surface area (Å²) < 4.78 is 5.14. The zero-order valence-electron chi connectivity index (χ0n) is 12.8. The highest BCUT2D eigenvalue weighted by Gasteiger charge is 2.22. The standard InChI is InChI=1S/C17H15Cl2NO4/c1-24-10-4-2-3-9(7-10)5-6-13(21)11-8-12(18)14(17(22)23)15(19)16(11)20/h2-4,7-8H,5-6,20H2,1H3,(H,22,23). The molecule has 0 aliphatic rings. The maximum Gasteiger partial charge on any atom is 0.338 e. The smallest absolute Gasteiger partial charge is 0.338 e. The van der Waals surface area contributed by atoms with Crippen LogP contribution in [0.15, 0.2) is 30.3 Å². The number of benzene rings is 2. The van der Waals surface area contributed by atoms with Crippen LogP contribution in [0.1, 0.15) is 32.7 Å². The molecule has 0 atom stereocenters. The van der Waals surface area contributed by atoms with Crippen molar-refractivity contribution in [1.82, 2.24) is 0 Å². The number of methoxy groups -OCH3 is 1. The molecule has 0 aliphatic heterocycles. The van der Waals surface area contributed by atoms with Crippen LogP contribution in [0.3, 0.4) is 0 Å². The van der Waals surface area contributed by atoms with Crippen LogP contribution >= 0.6 is 23.2 Å². The van der Waals surface area contributed by atoms with E-state index in [2.05, 4.69) is 0 Å². The number of nitrogens with two attached hydrogens (primary N) is 1. The average Bonchev–Trinajstić information content (AvgIpc) is 2.55. The van der Waals surface area contributed by atoms with Crippen LogP contribution in [-0.2, 0) is 6.42 Å². The zero-order chi connectivity index (χ0) is 17.9. The van der Waals surface area contributed by atoms with Crippen molar-refractivity contribution < 1.29 is 19.4 Å². The minimum absolute atomic E-state index is 0.0749. The van der Waals surface area contributed by atoms with Crippen LogP contribution in [0, 0.1) is 0 Å². The van der Waals surface area contributed by atoms with Crippen LogP contribution in [0.2, 0.25) is 10.0 Å². The van der Waals surface area contributed by atoms with E-state index in [9.17, 15) is 9.59 Å². The van der Waals surface area contributed by atoms with Crippen LogP contribution in [0.5, 0.6) is 5.75 Å². The van der Waals surface area contributed by atoms with E-state index >= 15 is 0 Å². The minimum atomic E-state index is -1.30. The Labute approximate surface area is 148 Å². The largest absolute Gasteiger partial charge is 0.497 e. The van der Waals surface area contributed by atoms with Gasteiger partial charge < -0.3 is 15.6 Å². The fraction of sp³-hybridized carbons (Fsp3) is 0.176. The van der Waals surface area contributed by atoms with Gasteiger partial charge in [-0.3, -0.25) is 4.79 Å². The zero-order valence-corrected chi connectivity index (χ0v) is 14.3. The van der Waals surface area contributed by atoms with Crippen LogP contribution < -0.4 is 10.5 Å². The second-order valence-electron chi connectivity index (χ2n) is 5.09. The molecule has 0 saturated heterocycles. The monoisotopic (exact) mass is 367 g/mol. The van der Waals surface area contributed by atoms with Gasteiger partial charge in [-0.25, -0.2) is 4.79 Å². The normalized spacial score (nSPS) is 10.5. The van der Waals surface area contributed by atoms with Crippen molar-refractivity contribution in [3.8, 4) is 5.75 Å². The number of ether oxygens (including phenoxy) is 1. The number of halogens is 2. The summed E-state index contributed by atoms with van der Waals surface area (Å²) in [5.74, 6) is -0.862. The van der Waals surface area contributed by atoms with Gasteiger partial charge in [0.25, 0.3) is 0 Å². The Morgan fingerprint density at radius 1 is 1.25 bits per heavy atom. The number of nitrogen functional groups attached to an aromatic ring is 1. The number of ketones is 1. The number of hydrogen-bond donors (Lipinski definition) is 2. The number of carbonyl (C=O) groups is 2. The molecule has 0 radical (unpaired) electrons. The Bertz CT molecular complexity index is 805. The van der Waals surface area contributed by atoms with E-state index in [4.69, 9.17) is 38.8 Å². The van der Waals surface area contributed by atoms with Crippen molar-refractivity contribution in [3.05, 3.63) is 57.1 Å². The molecule has 0 aromatic heterocycles. The number of Topliss-reactive ketones (excluding diaryl/α,β-unsaturated/α-hetero) is 1. The van der Waals surface area contributed by atoms with Crippen LogP contribution in [0.4, 0.5) is 5.69 Å². The van der Waals surface area contributed by atoms with E-state index in [0.717, 1.165) is 5.56 Å². The SMILES string of the molecule is COc1cccc(CCC(=O)c2cc(Cl)c(C(=O)O)c(Cl)c2N)c1. The third-order valence-electron chi connectivity index (χ3n) is 3.55. The lowest BCUT2D eigenvalue weighted by Crippen LogP contribution is -2.09. The lowest BCUT2D eigenvalue weighted by Gasteiger charge is -2.11. The molecule has 0 fully saturated rings. The predicted octanol–water partition coefficient (Wildman–Crippen LogP) is 4.10. The Morgan fingerprint density at radius 2 is 1.96 bits per heavy atom. The lowest BCUT2D eigenvalue weighted by molar-refractivity contribution is 0.0696. The summed E-state index contributed by atoms with van der Waals surface area (Å²) in [6.07, 6.45) is 0.655. The number of anilines is 1. The third kappa shape index (κ3) is 3.80. The van der Waals surface area contributed by atoms with E-state index < -0.39 is 5.97 Å². The quantitative estimate of drug-likeness (QED) is 0.592. The van der Waals surface area contributed by atoms with Crippen molar-refractivity contribution >= 4 is 40.6 Å². The van der Waals surface area contributed by atoms with Gasteiger partial charge in [0.1, 0.15) is 5.75 Å². The Kier molecular flexibility index (Phi) is 5.70. The molecule has 0 amide bonds. The highest BCUT2D eigenvalue weighted by atomic mass is 35.5. The Balaban J connectivity index is 2.22. The Hall–Kier alpha value is -2.24. The molecule has 2 rings (SSSR count). The average molecular weight is 368 g/mol. The van der Waals surface area contributed by atoms with E-state index in [1.807, 2.05) is 24.3 Å². The van der Waals surface area contributed by atoms with Gasteiger partial charge in [0.15, 0.2) is 5.78 Å². The van der Waals surface area contributed by atoms with Gasteiger partial charge in [0, 0.05) is 12.0 Å². The van der Waals surface area contributed by atoms with Gasteiger partial charge in [-0.1, -0.05) is 35.3 Å². The van der Waals surface area contributed by atoms with E-state index in [1.54, 1.807) is 7.11 Å². The summed E-state index contributed by atoms with van der Waals surface area (Å²) in [5, 5.41) is 8.74. The number of carbonyl (C=O) groups excluding carboxylic acids is 1. The van der Waals surface area contributed by atoms with Gasteiger partial charge in [-0.05, 0) is 30.2 Å². The summed E-state index contributed by atoms with van der Waals surface area (Å²) in [5.41, 5.74) is 6.48. The fourth-order valence-corrected chi connectivity index (χ4v) is 2.90. The molecule has 7 heteroatoms. The molecule has 0 heterocycles. The molecule has 5 nitrogen and oxygen atoms in total. The van der Waals surface area contributed by atoms with Crippen molar-refractivity contribution in [3.63, 3.8) is 0 Å². The first kappa shape index (κ1) is 18.1. The molecule has 0 saturated carbocycles. The number of hydrogen-bond acceptors (Lipinski definition) is 4. The summed E-state index contributed by atoms with van der Waals surface area (Å²) >= 11 is 11.9. The van der Waals surface area contributed by atoms with E-state index in [-0.39, 0.29) is 39.1 Å². The molecule has 0 unspecified atom stereocenters. The first-order valence-corrected chi connectivity index (χ1v) is 7.77. The van der Waals surface area contributed by atoms with Gasteiger partial charge in [0.2, 0.25) is 0 Å². The van der Waals surface area contributed by atoms with Crippen molar-refractivity contribution in [1.29, 1.82) is 0 Å². The summed E-state index contributed by atoms with van der Waals surface area (Å²) in [4.78, 5) is 23.5. The second-order valence-corrected chi connectivity index (χ2v) is 5.87. The fourth-order valence-electron chi connectivity index (χ4n) is 2.28. The highest BCUT2D eigenvalue weighted by molar-refractivity contribution is 6.41.